The third kappa shape index (κ3) is 4.00. The molecular formula is C16H19ClN2O. The molecule has 1 fully saturated rings. The van der Waals surface area contributed by atoms with Gasteiger partial charge >= 0.3 is 0 Å². The first-order chi connectivity index (χ1) is 9.70. The Morgan fingerprint density at radius 2 is 2.25 bits per heavy atom. The maximum absolute atomic E-state index is 12.0. The molecule has 1 saturated carbocycles. The largest absolute Gasteiger partial charge is 0.352 e. The van der Waals surface area contributed by atoms with E-state index in [1.807, 2.05) is 0 Å². The molecule has 0 bridgehead atoms. The summed E-state index contributed by atoms with van der Waals surface area (Å²) in [6.45, 7) is 1.02. The third-order valence-electron chi connectivity index (χ3n) is 3.62. The Morgan fingerprint density at radius 3 is 2.85 bits per heavy atom. The van der Waals surface area contributed by atoms with Crippen molar-refractivity contribution in [2.75, 3.05) is 13.1 Å². The number of amides is 1. The molecule has 0 aromatic heterocycles. The lowest BCUT2D eigenvalue weighted by Crippen LogP contribution is -2.27. The summed E-state index contributed by atoms with van der Waals surface area (Å²) in [5.41, 5.74) is 6.59. The number of nitrogens with two attached hydrogens (primary N) is 1. The summed E-state index contributed by atoms with van der Waals surface area (Å²) >= 11 is 6.10. The number of nitrogens with one attached hydrogen (secondary N) is 1. The monoisotopic (exact) mass is 290 g/mol. The van der Waals surface area contributed by atoms with E-state index in [4.69, 9.17) is 17.3 Å². The van der Waals surface area contributed by atoms with Crippen LogP contribution in [0, 0.1) is 17.8 Å². The van der Waals surface area contributed by atoms with E-state index in [2.05, 4.69) is 17.2 Å². The lowest BCUT2D eigenvalue weighted by atomic mass is 9.83. The average molecular weight is 291 g/mol. The van der Waals surface area contributed by atoms with E-state index in [1.165, 1.54) is 19.3 Å². The van der Waals surface area contributed by atoms with Crippen LogP contribution in [0.1, 0.15) is 41.6 Å². The molecule has 0 aliphatic heterocycles. The van der Waals surface area contributed by atoms with Crippen molar-refractivity contribution >= 4 is 17.5 Å². The van der Waals surface area contributed by atoms with Crippen LogP contribution in [0.3, 0.4) is 0 Å². The molecule has 3 N–H and O–H groups in total. The van der Waals surface area contributed by atoms with Crippen molar-refractivity contribution in [1.82, 2.24) is 5.32 Å². The first-order valence-corrected chi connectivity index (χ1v) is 7.35. The van der Waals surface area contributed by atoms with Crippen molar-refractivity contribution in [3.8, 4) is 11.8 Å². The summed E-state index contributed by atoms with van der Waals surface area (Å²) in [4.78, 5) is 12.0. The number of carbonyl (C=O) groups is 1. The molecule has 0 spiro atoms. The van der Waals surface area contributed by atoms with Crippen LogP contribution in [-0.2, 0) is 0 Å². The van der Waals surface area contributed by atoms with E-state index in [1.54, 1.807) is 18.2 Å². The molecule has 1 aliphatic carbocycles. The van der Waals surface area contributed by atoms with Gasteiger partial charge in [0.1, 0.15) is 0 Å². The zero-order valence-corrected chi connectivity index (χ0v) is 12.2. The van der Waals surface area contributed by atoms with Crippen LogP contribution in [0.2, 0.25) is 5.02 Å². The molecule has 1 aliphatic rings. The van der Waals surface area contributed by atoms with Crippen LogP contribution < -0.4 is 11.1 Å². The first-order valence-electron chi connectivity index (χ1n) is 6.97. The maximum Gasteiger partial charge on any atom is 0.251 e. The van der Waals surface area contributed by atoms with Crippen LogP contribution in [0.5, 0.6) is 0 Å². The van der Waals surface area contributed by atoms with Gasteiger partial charge in [0.15, 0.2) is 0 Å². The lowest BCUT2D eigenvalue weighted by molar-refractivity contribution is 0.0949. The molecule has 1 aromatic rings. The molecular weight excluding hydrogens is 272 g/mol. The van der Waals surface area contributed by atoms with Gasteiger partial charge in [0.2, 0.25) is 0 Å². The highest BCUT2D eigenvalue weighted by Gasteiger charge is 2.17. The molecule has 0 unspecified atom stereocenters. The first kappa shape index (κ1) is 14.9. The fraction of sp³-hybridized carbons (Fsp3) is 0.438. The van der Waals surface area contributed by atoms with E-state index < -0.39 is 0 Å². The molecule has 0 saturated heterocycles. The number of hydrogen-bond donors (Lipinski definition) is 2. The highest BCUT2D eigenvalue weighted by molar-refractivity contribution is 6.32. The minimum atomic E-state index is -0.0791. The van der Waals surface area contributed by atoms with Gasteiger partial charge in [0, 0.05) is 17.7 Å². The van der Waals surface area contributed by atoms with Crippen LogP contribution in [-0.4, -0.2) is 19.0 Å². The zero-order chi connectivity index (χ0) is 14.4. The van der Waals surface area contributed by atoms with Gasteiger partial charge in [-0.3, -0.25) is 4.79 Å². The van der Waals surface area contributed by atoms with E-state index in [0.717, 1.165) is 18.9 Å². The van der Waals surface area contributed by atoms with Gasteiger partial charge < -0.3 is 11.1 Å². The normalized spacial score (nSPS) is 14.1. The van der Waals surface area contributed by atoms with E-state index in [0.29, 0.717) is 22.7 Å². The zero-order valence-electron chi connectivity index (χ0n) is 11.4. The average Bonchev–Trinajstić information content (AvgIpc) is 2.40. The van der Waals surface area contributed by atoms with Crippen molar-refractivity contribution in [1.29, 1.82) is 0 Å². The number of benzene rings is 1. The Kier molecular flexibility index (Phi) is 5.46. The summed E-state index contributed by atoms with van der Waals surface area (Å²) in [6, 6.07) is 5.15. The third-order valence-corrected chi connectivity index (χ3v) is 3.93. The van der Waals surface area contributed by atoms with Crippen molar-refractivity contribution < 1.29 is 4.79 Å². The molecule has 0 heterocycles. The van der Waals surface area contributed by atoms with Gasteiger partial charge in [-0.25, -0.2) is 0 Å². The molecule has 20 heavy (non-hydrogen) atoms. The lowest BCUT2D eigenvalue weighted by Gasteiger charge is -2.25. The fourth-order valence-electron chi connectivity index (χ4n) is 2.18. The Morgan fingerprint density at radius 1 is 1.45 bits per heavy atom. The molecule has 0 radical (unpaired) electrons. The second-order valence-corrected chi connectivity index (χ2v) is 5.45. The van der Waals surface area contributed by atoms with Crippen molar-refractivity contribution in [2.24, 2.45) is 11.7 Å². The number of halogens is 1. The Bertz CT molecular complexity index is 541. The van der Waals surface area contributed by atoms with Gasteiger partial charge in [-0.1, -0.05) is 42.7 Å². The van der Waals surface area contributed by atoms with Crippen LogP contribution in [0.25, 0.3) is 0 Å². The molecule has 4 heteroatoms. The fourth-order valence-corrected chi connectivity index (χ4v) is 2.41. The van der Waals surface area contributed by atoms with Gasteiger partial charge in [0.05, 0.1) is 11.6 Å². The standard InChI is InChI=1S/C16H19ClN2O/c17-15-11-14(7-6-13(15)5-2-9-18)16(20)19-10-8-12-3-1-4-12/h6-7,11-12H,1,3-4,8-10,18H2,(H,19,20). The van der Waals surface area contributed by atoms with Gasteiger partial charge in [-0.15, -0.1) is 0 Å². The maximum atomic E-state index is 12.0. The van der Waals surface area contributed by atoms with Crippen molar-refractivity contribution in [3.05, 3.63) is 34.3 Å². The SMILES string of the molecule is NCC#Cc1ccc(C(=O)NCCC2CCC2)cc1Cl. The predicted octanol–water partition coefficient (Wildman–Crippen LogP) is 2.57. The predicted molar refractivity (Wildman–Crippen MR) is 81.7 cm³/mol. The van der Waals surface area contributed by atoms with Crippen LogP contribution in [0.4, 0.5) is 0 Å². The highest BCUT2D eigenvalue weighted by Crippen LogP contribution is 2.28. The van der Waals surface area contributed by atoms with E-state index in [-0.39, 0.29) is 5.91 Å². The highest BCUT2D eigenvalue weighted by atomic mass is 35.5. The van der Waals surface area contributed by atoms with E-state index in [9.17, 15) is 4.79 Å². The molecule has 0 atom stereocenters. The summed E-state index contributed by atoms with van der Waals surface area (Å²) in [5, 5.41) is 3.42. The van der Waals surface area contributed by atoms with Crippen molar-refractivity contribution in [3.63, 3.8) is 0 Å². The van der Waals surface area contributed by atoms with Gasteiger partial charge in [-0.2, -0.15) is 0 Å². The summed E-state index contributed by atoms with van der Waals surface area (Å²) in [6.07, 6.45) is 5.01. The minimum absolute atomic E-state index is 0.0791. The minimum Gasteiger partial charge on any atom is -0.352 e. The Hall–Kier alpha value is -1.50. The Labute approximate surface area is 124 Å². The molecule has 2 rings (SSSR count). The molecule has 3 nitrogen and oxygen atoms in total. The smallest absolute Gasteiger partial charge is 0.251 e. The molecule has 1 aromatic carbocycles. The summed E-state index contributed by atoms with van der Waals surface area (Å²) in [7, 11) is 0. The summed E-state index contributed by atoms with van der Waals surface area (Å²) in [5.74, 6) is 6.34. The molecule has 1 amide bonds. The quantitative estimate of drug-likeness (QED) is 0.838. The number of carbonyl (C=O) groups excluding carboxylic acids is 1. The molecule has 106 valence electrons. The van der Waals surface area contributed by atoms with Crippen molar-refractivity contribution in [2.45, 2.75) is 25.7 Å². The Balaban J connectivity index is 1.90. The number of rotatable bonds is 4. The number of hydrogen-bond acceptors (Lipinski definition) is 2. The summed E-state index contributed by atoms with van der Waals surface area (Å²) < 4.78 is 0. The topological polar surface area (TPSA) is 55.1 Å². The van der Waals surface area contributed by atoms with Crippen LogP contribution in [0.15, 0.2) is 18.2 Å². The van der Waals surface area contributed by atoms with Gasteiger partial charge in [0.25, 0.3) is 5.91 Å². The van der Waals surface area contributed by atoms with E-state index >= 15 is 0 Å². The van der Waals surface area contributed by atoms with Gasteiger partial charge in [-0.05, 0) is 30.5 Å². The second kappa shape index (κ2) is 7.33. The van der Waals surface area contributed by atoms with Crippen LogP contribution >= 0.6 is 11.6 Å². The second-order valence-electron chi connectivity index (χ2n) is 5.04.